The van der Waals surface area contributed by atoms with Gasteiger partial charge in [0, 0.05) is 5.69 Å². The maximum Gasteiger partial charge on any atom is 0.282 e. The zero-order chi connectivity index (χ0) is 22.1. The van der Waals surface area contributed by atoms with E-state index in [0.29, 0.717) is 22.7 Å². The van der Waals surface area contributed by atoms with Crippen molar-refractivity contribution < 1.29 is 18.7 Å². The van der Waals surface area contributed by atoms with Gasteiger partial charge in [-0.3, -0.25) is 9.59 Å². The number of methoxy groups -OCH3 is 1. The van der Waals surface area contributed by atoms with Crippen molar-refractivity contribution in [1.82, 2.24) is 0 Å². The molecule has 31 heavy (non-hydrogen) atoms. The largest absolute Gasteiger partial charge is 0.497 e. The van der Waals surface area contributed by atoms with E-state index in [0.717, 1.165) is 16.0 Å². The summed E-state index contributed by atoms with van der Waals surface area (Å²) in [5.41, 5.74) is 4.09. The molecule has 1 aliphatic heterocycles. The number of nitrogens with zero attached hydrogens (tertiary/aromatic N) is 1. The van der Waals surface area contributed by atoms with E-state index in [1.54, 1.807) is 31.4 Å². The van der Waals surface area contributed by atoms with Crippen molar-refractivity contribution in [2.24, 2.45) is 0 Å². The number of carbonyl (C=O) groups excluding carboxylic acids is 2. The van der Waals surface area contributed by atoms with Crippen LogP contribution in [-0.4, -0.2) is 18.9 Å². The molecular formula is C25H21FN2O3. The molecule has 1 N–H and O–H groups in total. The van der Waals surface area contributed by atoms with Crippen molar-refractivity contribution in [1.29, 1.82) is 0 Å². The first-order chi connectivity index (χ1) is 14.9. The van der Waals surface area contributed by atoms with Crippen molar-refractivity contribution in [3.05, 3.63) is 94.9 Å². The van der Waals surface area contributed by atoms with Crippen LogP contribution in [0.5, 0.6) is 5.75 Å². The van der Waals surface area contributed by atoms with Crippen molar-refractivity contribution in [2.75, 3.05) is 17.3 Å². The van der Waals surface area contributed by atoms with Crippen LogP contribution in [0, 0.1) is 19.7 Å². The Morgan fingerprint density at radius 2 is 1.52 bits per heavy atom. The van der Waals surface area contributed by atoms with E-state index >= 15 is 0 Å². The Morgan fingerprint density at radius 1 is 0.839 bits per heavy atom. The molecule has 0 atom stereocenters. The lowest BCUT2D eigenvalue weighted by Crippen LogP contribution is -2.32. The number of hydrogen-bond acceptors (Lipinski definition) is 4. The molecule has 0 aliphatic carbocycles. The van der Waals surface area contributed by atoms with Crippen LogP contribution in [0.4, 0.5) is 15.8 Å². The van der Waals surface area contributed by atoms with Gasteiger partial charge < -0.3 is 10.1 Å². The lowest BCUT2D eigenvalue weighted by Gasteiger charge is -2.16. The summed E-state index contributed by atoms with van der Waals surface area (Å²) in [6, 6.07) is 17.9. The number of nitrogens with one attached hydrogen (secondary N) is 1. The monoisotopic (exact) mass is 416 g/mol. The first kappa shape index (κ1) is 20.3. The Bertz CT molecular complexity index is 1200. The van der Waals surface area contributed by atoms with E-state index in [1.807, 2.05) is 32.0 Å². The number of ether oxygens (including phenoxy) is 1. The zero-order valence-corrected chi connectivity index (χ0v) is 17.4. The number of rotatable bonds is 5. The second-order valence-electron chi connectivity index (χ2n) is 7.32. The maximum absolute atomic E-state index is 13.5. The molecule has 0 spiro atoms. The number of benzene rings is 3. The number of carbonyl (C=O) groups is 2. The quantitative estimate of drug-likeness (QED) is 0.604. The minimum absolute atomic E-state index is 0.149. The van der Waals surface area contributed by atoms with Gasteiger partial charge in [-0.15, -0.1) is 0 Å². The molecule has 0 unspecified atom stereocenters. The van der Waals surface area contributed by atoms with E-state index in [-0.39, 0.29) is 11.3 Å². The molecule has 0 bridgehead atoms. The molecule has 3 aromatic rings. The summed E-state index contributed by atoms with van der Waals surface area (Å²) in [5.74, 6) is -0.763. The van der Waals surface area contributed by atoms with E-state index in [4.69, 9.17) is 4.74 Å². The standard InChI is InChI=1S/C25H21FN2O3/c1-15-4-9-19(14-16(15)2)27-23-22(17-5-7-18(26)8-6-17)24(29)28(25(23)30)20-10-12-21(31-3)13-11-20/h4-14,27H,1-3H3. The third kappa shape index (κ3) is 3.80. The van der Waals surface area contributed by atoms with Gasteiger partial charge in [0.1, 0.15) is 17.3 Å². The predicted molar refractivity (Wildman–Crippen MR) is 118 cm³/mol. The highest BCUT2D eigenvalue weighted by Crippen LogP contribution is 2.34. The van der Waals surface area contributed by atoms with Crippen LogP contribution < -0.4 is 15.0 Å². The lowest BCUT2D eigenvalue weighted by molar-refractivity contribution is -0.120. The molecule has 0 saturated carbocycles. The van der Waals surface area contributed by atoms with Crippen molar-refractivity contribution in [2.45, 2.75) is 13.8 Å². The van der Waals surface area contributed by atoms with Crippen molar-refractivity contribution in [3.63, 3.8) is 0 Å². The van der Waals surface area contributed by atoms with Crippen LogP contribution in [0.3, 0.4) is 0 Å². The summed E-state index contributed by atoms with van der Waals surface area (Å²) in [5, 5.41) is 3.12. The molecular weight excluding hydrogens is 395 g/mol. The third-order valence-electron chi connectivity index (χ3n) is 5.32. The molecule has 1 heterocycles. The van der Waals surface area contributed by atoms with Crippen LogP contribution in [0.15, 0.2) is 72.4 Å². The van der Waals surface area contributed by atoms with Gasteiger partial charge in [-0.1, -0.05) is 18.2 Å². The molecule has 4 rings (SSSR count). The molecule has 2 amide bonds. The smallest absolute Gasteiger partial charge is 0.282 e. The summed E-state index contributed by atoms with van der Waals surface area (Å²) in [4.78, 5) is 27.8. The normalized spacial score (nSPS) is 13.7. The first-order valence-electron chi connectivity index (χ1n) is 9.76. The van der Waals surface area contributed by atoms with Crippen LogP contribution in [0.2, 0.25) is 0 Å². The molecule has 0 aromatic heterocycles. The van der Waals surface area contributed by atoms with Gasteiger partial charge in [-0.2, -0.15) is 0 Å². The Hall–Kier alpha value is -3.93. The third-order valence-corrected chi connectivity index (χ3v) is 5.32. The summed E-state index contributed by atoms with van der Waals surface area (Å²) in [6.45, 7) is 3.97. The Kier molecular flexibility index (Phi) is 5.29. The highest BCUT2D eigenvalue weighted by Gasteiger charge is 2.40. The molecule has 5 nitrogen and oxygen atoms in total. The summed E-state index contributed by atoms with van der Waals surface area (Å²) < 4.78 is 18.6. The minimum Gasteiger partial charge on any atom is -0.497 e. The molecule has 0 radical (unpaired) electrons. The van der Waals surface area contributed by atoms with Crippen LogP contribution in [0.1, 0.15) is 16.7 Å². The number of aryl methyl sites for hydroxylation is 2. The number of anilines is 2. The van der Waals surface area contributed by atoms with Gasteiger partial charge in [-0.05, 0) is 79.1 Å². The number of imide groups is 1. The molecule has 6 heteroatoms. The first-order valence-corrected chi connectivity index (χ1v) is 9.76. The van der Waals surface area contributed by atoms with Crippen molar-refractivity contribution >= 4 is 28.8 Å². The fourth-order valence-corrected chi connectivity index (χ4v) is 3.46. The maximum atomic E-state index is 13.5. The van der Waals surface area contributed by atoms with Crippen LogP contribution in [-0.2, 0) is 9.59 Å². The summed E-state index contributed by atoms with van der Waals surface area (Å²) >= 11 is 0. The van der Waals surface area contributed by atoms with Crippen molar-refractivity contribution in [3.8, 4) is 5.75 Å². The van der Waals surface area contributed by atoms with E-state index in [9.17, 15) is 14.0 Å². The topological polar surface area (TPSA) is 58.6 Å². The van der Waals surface area contributed by atoms with Gasteiger partial charge >= 0.3 is 0 Å². The molecule has 156 valence electrons. The molecule has 1 aliphatic rings. The van der Waals surface area contributed by atoms with Crippen LogP contribution >= 0.6 is 0 Å². The number of halogens is 1. The van der Waals surface area contributed by atoms with Gasteiger partial charge in [0.15, 0.2) is 0 Å². The predicted octanol–water partition coefficient (Wildman–Crippen LogP) is 4.85. The molecule has 0 fully saturated rings. The summed E-state index contributed by atoms with van der Waals surface area (Å²) in [6.07, 6.45) is 0. The van der Waals surface area contributed by atoms with Crippen LogP contribution in [0.25, 0.3) is 5.57 Å². The highest BCUT2D eigenvalue weighted by atomic mass is 19.1. The zero-order valence-electron chi connectivity index (χ0n) is 17.4. The van der Waals surface area contributed by atoms with Gasteiger partial charge in [0.05, 0.1) is 18.4 Å². The van der Waals surface area contributed by atoms with E-state index in [2.05, 4.69) is 5.32 Å². The van der Waals surface area contributed by atoms with E-state index in [1.165, 1.54) is 24.3 Å². The fourth-order valence-electron chi connectivity index (χ4n) is 3.46. The SMILES string of the molecule is COc1ccc(N2C(=O)C(Nc3ccc(C)c(C)c3)=C(c3ccc(F)cc3)C2=O)cc1. The van der Waals surface area contributed by atoms with Gasteiger partial charge in [-0.25, -0.2) is 9.29 Å². The highest BCUT2D eigenvalue weighted by molar-refractivity contribution is 6.46. The fraction of sp³-hybridized carbons (Fsp3) is 0.120. The number of amides is 2. The Morgan fingerprint density at radius 3 is 2.13 bits per heavy atom. The van der Waals surface area contributed by atoms with Gasteiger partial charge in [0.25, 0.3) is 11.8 Å². The molecule has 0 saturated heterocycles. The second-order valence-corrected chi connectivity index (χ2v) is 7.32. The average Bonchev–Trinajstić information content (AvgIpc) is 3.01. The average molecular weight is 416 g/mol. The Balaban J connectivity index is 1.80. The van der Waals surface area contributed by atoms with E-state index < -0.39 is 17.6 Å². The number of hydrogen-bond donors (Lipinski definition) is 1. The minimum atomic E-state index is -0.479. The lowest BCUT2D eigenvalue weighted by atomic mass is 10.0. The summed E-state index contributed by atoms with van der Waals surface area (Å²) in [7, 11) is 1.54. The Labute approximate surface area is 179 Å². The van der Waals surface area contributed by atoms with Gasteiger partial charge in [0.2, 0.25) is 0 Å². The second kappa shape index (κ2) is 8.07. The molecule has 3 aromatic carbocycles.